The molecule has 0 aliphatic rings. The predicted molar refractivity (Wildman–Crippen MR) is 102 cm³/mol. The van der Waals surface area contributed by atoms with Gasteiger partial charge < -0.3 is 5.32 Å². The number of aryl methyl sites for hydroxylation is 2. The molecule has 2 aromatic heterocycles. The summed E-state index contributed by atoms with van der Waals surface area (Å²) in [5.74, 6) is 0.256. The Hall–Kier alpha value is -1.34. The normalized spacial score (nSPS) is 12.5. The van der Waals surface area contributed by atoms with E-state index in [4.69, 9.17) is 0 Å². The van der Waals surface area contributed by atoms with Crippen LogP contribution in [-0.2, 0) is 11.3 Å². The molecule has 0 aromatic carbocycles. The minimum atomic E-state index is -0.0171. The maximum Gasteiger partial charge on any atom is 0.263 e. The Kier molecular flexibility index (Phi) is 6.46. The number of aromatic nitrogens is 2. The number of carbonyl (C=O) groups is 1. The van der Waals surface area contributed by atoms with Crippen LogP contribution in [0.4, 0.5) is 0 Å². The molecule has 2 aromatic rings. The van der Waals surface area contributed by atoms with Gasteiger partial charge in [0.2, 0.25) is 5.91 Å². The predicted octanol–water partition coefficient (Wildman–Crippen LogP) is 3.49. The van der Waals surface area contributed by atoms with Gasteiger partial charge in [-0.05, 0) is 39.7 Å². The van der Waals surface area contributed by atoms with Crippen LogP contribution >= 0.6 is 23.1 Å². The van der Waals surface area contributed by atoms with Crippen LogP contribution in [0.3, 0.4) is 0 Å². The first-order chi connectivity index (χ1) is 11.4. The standard InChI is InChI=1S/C17H25N3O2S2/c1-6-8-10(3)18-13(21)9-23-17-19-15-14(11(4)12(5)24-15)16(22)20(17)7-2/h10H,6-9H2,1-5H3,(H,18,21)/t10-/m0/s1. The van der Waals surface area contributed by atoms with Gasteiger partial charge in [-0.2, -0.15) is 0 Å². The zero-order valence-corrected chi connectivity index (χ0v) is 16.6. The zero-order chi connectivity index (χ0) is 17.9. The lowest BCUT2D eigenvalue weighted by Gasteiger charge is -2.13. The molecule has 0 radical (unpaired) electrons. The fourth-order valence-electron chi connectivity index (χ4n) is 2.65. The van der Waals surface area contributed by atoms with E-state index in [9.17, 15) is 9.59 Å². The third-order valence-electron chi connectivity index (χ3n) is 4.03. The van der Waals surface area contributed by atoms with Crippen LogP contribution in [0.25, 0.3) is 10.2 Å². The average molecular weight is 368 g/mol. The number of nitrogens with zero attached hydrogens (tertiary/aromatic N) is 2. The lowest BCUT2D eigenvalue weighted by atomic mass is 10.2. The van der Waals surface area contributed by atoms with E-state index in [0.717, 1.165) is 28.1 Å². The summed E-state index contributed by atoms with van der Waals surface area (Å²) in [5.41, 5.74) is 1.00. The maximum absolute atomic E-state index is 12.7. The second-order valence-corrected chi connectivity index (χ2v) is 8.10. The minimum absolute atomic E-state index is 0.00777. The van der Waals surface area contributed by atoms with E-state index in [0.29, 0.717) is 17.1 Å². The van der Waals surface area contributed by atoms with Gasteiger partial charge in [0.05, 0.1) is 11.1 Å². The fourth-order valence-corrected chi connectivity index (χ4v) is 4.59. The molecule has 5 nitrogen and oxygen atoms in total. The molecular weight excluding hydrogens is 342 g/mol. The van der Waals surface area contributed by atoms with Crippen LogP contribution in [0, 0.1) is 13.8 Å². The van der Waals surface area contributed by atoms with E-state index >= 15 is 0 Å². The smallest absolute Gasteiger partial charge is 0.263 e. The van der Waals surface area contributed by atoms with Crippen LogP contribution in [0.1, 0.15) is 44.1 Å². The lowest BCUT2D eigenvalue weighted by Crippen LogP contribution is -2.34. The van der Waals surface area contributed by atoms with Gasteiger partial charge in [-0.3, -0.25) is 14.2 Å². The van der Waals surface area contributed by atoms with Crippen molar-refractivity contribution >= 4 is 39.2 Å². The lowest BCUT2D eigenvalue weighted by molar-refractivity contribution is -0.119. The first-order valence-electron chi connectivity index (χ1n) is 8.31. The Morgan fingerprint density at radius 2 is 2.08 bits per heavy atom. The Labute approximate surface area is 150 Å². The molecular formula is C17H25N3O2S2. The molecule has 132 valence electrons. The second kappa shape index (κ2) is 8.16. The summed E-state index contributed by atoms with van der Waals surface area (Å²) >= 11 is 2.87. The van der Waals surface area contributed by atoms with Crippen molar-refractivity contribution in [1.29, 1.82) is 0 Å². The SMILES string of the molecule is CCC[C@H](C)NC(=O)CSc1nc2sc(C)c(C)c2c(=O)n1CC. The molecule has 0 unspecified atom stereocenters. The van der Waals surface area contributed by atoms with Crippen LogP contribution in [0.2, 0.25) is 0 Å². The number of nitrogens with one attached hydrogen (secondary N) is 1. The number of hydrogen-bond acceptors (Lipinski definition) is 5. The highest BCUT2D eigenvalue weighted by Gasteiger charge is 2.17. The summed E-state index contributed by atoms with van der Waals surface area (Å²) in [6.07, 6.45) is 2.01. The molecule has 24 heavy (non-hydrogen) atoms. The van der Waals surface area contributed by atoms with Gasteiger partial charge in [-0.1, -0.05) is 25.1 Å². The van der Waals surface area contributed by atoms with Gasteiger partial charge in [0.15, 0.2) is 5.16 Å². The van der Waals surface area contributed by atoms with Crippen LogP contribution < -0.4 is 10.9 Å². The minimum Gasteiger partial charge on any atom is -0.353 e. The van der Waals surface area contributed by atoms with Crippen molar-refractivity contribution in [2.24, 2.45) is 0 Å². The zero-order valence-electron chi connectivity index (χ0n) is 14.9. The van der Waals surface area contributed by atoms with E-state index < -0.39 is 0 Å². The Morgan fingerprint density at radius 1 is 1.38 bits per heavy atom. The van der Waals surface area contributed by atoms with Gasteiger partial charge in [0, 0.05) is 17.5 Å². The monoisotopic (exact) mass is 367 g/mol. The molecule has 2 heterocycles. The van der Waals surface area contributed by atoms with E-state index in [1.54, 1.807) is 4.57 Å². The van der Waals surface area contributed by atoms with Crippen molar-refractivity contribution in [3.63, 3.8) is 0 Å². The molecule has 0 aliphatic heterocycles. The molecule has 0 spiro atoms. The van der Waals surface area contributed by atoms with Crippen molar-refractivity contribution in [2.45, 2.75) is 65.2 Å². The highest BCUT2D eigenvalue weighted by atomic mass is 32.2. The van der Waals surface area contributed by atoms with E-state index in [-0.39, 0.29) is 23.3 Å². The summed E-state index contributed by atoms with van der Waals surface area (Å²) in [5, 5.41) is 4.31. The second-order valence-electron chi connectivity index (χ2n) is 5.95. The van der Waals surface area contributed by atoms with Crippen molar-refractivity contribution in [3.8, 4) is 0 Å². The fraction of sp³-hybridized carbons (Fsp3) is 0.588. The number of hydrogen-bond donors (Lipinski definition) is 1. The molecule has 1 N–H and O–H groups in total. The third kappa shape index (κ3) is 4.00. The van der Waals surface area contributed by atoms with Gasteiger partial charge in [-0.15, -0.1) is 11.3 Å². The van der Waals surface area contributed by atoms with E-state index in [1.807, 2.05) is 27.7 Å². The molecule has 1 atom stereocenters. The average Bonchev–Trinajstić information content (AvgIpc) is 2.80. The van der Waals surface area contributed by atoms with Gasteiger partial charge in [-0.25, -0.2) is 4.98 Å². The topological polar surface area (TPSA) is 64.0 Å². The molecule has 0 bridgehead atoms. The Balaban J connectivity index is 2.23. The van der Waals surface area contributed by atoms with E-state index in [1.165, 1.54) is 23.1 Å². The quantitative estimate of drug-likeness (QED) is 0.601. The number of amides is 1. The van der Waals surface area contributed by atoms with Crippen molar-refractivity contribution in [2.75, 3.05) is 5.75 Å². The summed E-state index contributed by atoms with van der Waals surface area (Å²) < 4.78 is 1.66. The third-order valence-corrected chi connectivity index (χ3v) is 6.11. The maximum atomic E-state index is 12.7. The summed E-state index contributed by atoms with van der Waals surface area (Å²) in [6, 6.07) is 0.175. The Morgan fingerprint density at radius 3 is 2.71 bits per heavy atom. The molecule has 2 rings (SSSR count). The van der Waals surface area contributed by atoms with Gasteiger partial charge in [0.1, 0.15) is 4.83 Å². The number of fused-ring (bicyclic) bond motifs is 1. The van der Waals surface area contributed by atoms with Crippen LogP contribution in [-0.4, -0.2) is 27.3 Å². The molecule has 0 fully saturated rings. The van der Waals surface area contributed by atoms with Crippen molar-refractivity contribution < 1.29 is 4.79 Å². The first-order valence-corrected chi connectivity index (χ1v) is 10.1. The van der Waals surface area contributed by atoms with Crippen LogP contribution in [0.5, 0.6) is 0 Å². The summed E-state index contributed by atoms with van der Waals surface area (Å²) in [4.78, 5) is 31.3. The molecule has 1 amide bonds. The molecule has 0 saturated carbocycles. The van der Waals surface area contributed by atoms with Crippen LogP contribution in [0.15, 0.2) is 9.95 Å². The number of thioether (sulfide) groups is 1. The molecule has 0 aliphatic carbocycles. The molecule has 7 heteroatoms. The highest BCUT2D eigenvalue weighted by molar-refractivity contribution is 7.99. The van der Waals surface area contributed by atoms with Crippen molar-refractivity contribution in [1.82, 2.24) is 14.9 Å². The number of thiophene rings is 1. The largest absolute Gasteiger partial charge is 0.353 e. The highest BCUT2D eigenvalue weighted by Crippen LogP contribution is 2.28. The first kappa shape index (κ1) is 19.0. The molecule has 0 saturated heterocycles. The number of rotatable bonds is 7. The van der Waals surface area contributed by atoms with Crippen molar-refractivity contribution in [3.05, 3.63) is 20.8 Å². The summed E-state index contributed by atoms with van der Waals surface area (Å²) in [7, 11) is 0. The van der Waals surface area contributed by atoms with E-state index in [2.05, 4.69) is 17.2 Å². The Bertz CT molecular complexity index is 795. The number of carbonyl (C=O) groups excluding carboxylic acids is 1. The van der Waals surface area contributed by atoms with Gasteiger partial charge in [0.25, 0.3) is 5.56 Å². The summed E-state index contributed by atoms with van der Waals surface area (Å²) in [6.45, 7) is 10.6. The van der Waals surface area contributed by atoms with Gasteiger partial charge >= 0.3 is 0 Å².